The lowest BCUT2D eigenvalue weighted by Crippen LogP contribution is -2.47. The van der Waals surface area contributed by atoms with E-state index in [-0.39, 0.29) is 23.9 Å². The minimum Gasteiger partial charge on any atom is -0.347 e. The Labute approximate surface area is 141 Å². The minimum absolute atomic E-state index is 0.0511. The van der Waals surface area contributed by atoms with Gasteiger partial charge in [0.1, 0.15) is 11.6 Å². The first kappa shape index (κ1) is 20.0. The lowest BCUT2D eigenvalue weighted by molar-refractivity contribution is -0.127. The van der Waals surface area contributed by atoms with E-state index in [1.807, 2.05) is 0 Å². The standard InChI is InChI=1S/C17H25F2N3O2/c1-9(2)15(20)17(24)21-8-14(23)22-16(10(3)4)12-6-5-11(18)7-13(12)19/h5-7,9-10,15-16H,8,20H2,1-4H3,(H,21,24)(H,22,23)/t15-,16?/m0/s1. The molecule has 0 aliphatic rings. The van der Waals surface area contributed by atoms with Gasteiger partial charge >= 0.3 is 0 Å². The van der Waals surface area contributed by atoms with Crippen LogP contribution in [-0.2, 0) is 9.59 Å². The van der Waals surface area contributed by atoms with Crippen molar-refractivity contribution in [1.29, 1.82) is 0 Å². The van der Waals surface area contributed by atoms with Crippen molar-refractivity contribution in [3.05, 3.63) is 35.4 Å². The lowest BCUT2D eigenvalue weighted by Gasteiger charge is -2.24. The van der Waals surface area contributed by atoms with Crippen molar-refractivity contribution in [2.45, 2.75) is 39.8 Å². The van der Waals surface area contributed by atoms with Gasteiger partial charge in [-0.25, -0.2) is 8.78 Å². The highest BCUT2D eigenvalue weighted by Crippen LogP contribution is 2.24. The van der Waals surface area contributed by atoms with Crippen molar-refractivity contribution in [2.75, 3.05) is 6.54 Å². The zero-order chi connectivity index (χ0) is 18.4. The second-order valence-electron chi connectivity index (χ2n) is 6.44. The fourth-order valence-electron chi connectivity index (χ4n) is 2.17. The maximum Gasteiger partial charge on any atom is 0.239 e. The van der Waals surface area contributed by atoms with Gasteiger partial charge in [0, 0.05) is 11.6 Å². The quantitative estimate of drug-likeness (QED) is 0.708. The van der Waals surface area contributed by atoms with Crippen LogP contribution >= 0.6 is 0 Å². The van der Waals surface area contributed by atoms with Crippen LogP contribution in [0.2, 0.25) is 0 Å². The van der Waals surface area contributed by atoms with Gasteiger partial charge in [-0.1, -0.05) is 33.8 Å². The molecule has 134 valence electrons. The zero-order valence-corrected chi connectivity index (χ0v) is 14.4. The SMILES string of the molecule is CC(C)C(NC(=O)CNC(=O)[C@@H](N)C(C)C)c1ccc(F)cc1F. The highest BCUT2D eigenvalue weighted by molar-refractivity contribution is 5.87. The number of carbonyl (C=O) groups excluding carboxylic acids is 2. The number of benzene rings is 1. The monoisotopic (exact) mass is 341 g/mol. The van der Waals surface area contributed by atoms with Crippen molar-refractivity contribution < 1.29 is 18.4 Å². The Morgan fingerprint density at radius 3 is 2.25 bits per heavy atom. The van der Waals surface area contributed by atoms with Gasteiger partial charge in [-0.2, -0.15) is 0 Å². The Bertz CT molecular complexity index is 591. The van der Waals surface area contributed by atoms with Crippen LogP contribution in [0.5, 0.6) is 0 Å². The zero-order valence-electron chi connectivity index (χ0n) is 14.4. The van der Waals surface area contributed by atoms with E-state index in [2.05, 4.69) is 10.6 Å². The number of amides is 2. The fourth-order valence-corrected chi connectivity index (χ4v) is 2.17. The topological polar surface area (TPSA) is 84.2 Å². The van der Waals surface area contributed by atoms with Crippen LogP contribution in [0, 0.1) is 23.5 Å². The Morgan fingerprint density at radius 2 is 1.75 bits per heavy atom. The van der Waals surface area contributed by atoms with Crippen LogP contribution in [0.3, 0.4) is 0 Å². The van der Waals surface area contributed by atoms with Crippen molar-refractivity contribution >= 4 is 11.8 Å². The van der Waals surface area contributed by atoms with Crippen LogP contribution in [0.1, 0.15) is 39.3 Å². The van der Waals surface area contributed by atoms with Crippen LogP contribution in [-0.4, -0.2) is 24.4 Å². The molecule has 0 aromatic heterocycles. The highest BCUT2D eigenvalue weighted by atomic mass is 19.1. The number of hydrogen-bond acceptors (Lipinski definition) is 3. The number of carbonyl (C=O) groups is 2. The normalized spacial score (nSPS) is 13.7. The summed E-state index contributed by atoms with van der Waals surface area (Å²) in [5.41, 5.74) is 5.89. The van der Waals surface area contributed by atoms with Gasteiger partial charge < -0.3 is 16.4 Å². The summed E-state index contributed by atoms with van der Waals surface area (Å²) >= 11 is 0. The molecule has 7 heteroatoms. The van der Waals surface area contributed by atoms with Gasteiger partial charge in [-0.15, -0.1) is 0 Å². The largest absolute Gasteiger partial charge is 0.347 e. The molecule has 0 spiro atoms. The van der Waals surface area contributed by atoms with Gasteiger partial charge in [-0.05, 0) is 17.9 Å². The smallest absolute Gasteiger partial charge is 0.239 e. The van der Waals surface area contributed by atoms with Crippen molar-refractivity contribution in [2.24, 2.45) is 17.6 Å². The molecule has 1 unspecified atom stereocenters. The molecule has 0 aliphatic carbocycles. The number of nitrogens with two attached hydrogens (primary N) is 1. The molecule has 0 saturated carbocycles. The van der Waals surface area contributed by atoms with Crippen molar-refractivity contribution in [3.63, 3.8) is 0 Å². The second kappa shape index (κ2) is 8.73. The first-order valence-corrected chi connectivity index (χ1v) is 7.91. The summed E-state index contributed by atoms with van der Waals surface area (Å²) in [6.45, 7) is 6.96. The van der Waals surface area contributed by atoms with Gasteiger partial charge in [-0.3, -0.25) is 9.59 Å². The molecule has 1 aromatic carbocycles. The van der Waals surface area contributed by atoms with E-state index in [0.29, 0.717) is 0 Å². The number of rotatable bonds is 7. The summed E-state index contributed by atoms with van der Waals surface area (Å²) in [5.74, 6) is -2.47. The summed E-state index contributed by atoms with van der Waals surface area (Å²) in [5, 5.41) is 5.11. The molecule has 2 amide bonds. The predicted octanol–water partition coefficient (Wildman–Crippen LogP) is 1.88. The lowest BCUT2D eigenvalue weighted by atomic mass is 9.95. The van der Waals surface area contributed by atoms with Crippen LogP contribution in [0.15, 0.2) is 18.2 Å². The molecule has 24 heavy (non-hydrogen) atoms. The van der Waals surface area contributed by atoms with Crippen LogP contribution in [0.4, 0.5) is 8.78 Å². The molecule has 0 saturated heterocycles. The minimum atomic E-state index is -0.722. The maximum atomic E-state index is 13.9. The Kier molecular flexibility index (Phi) is 7.28. The molecule has 2 atom stereocenters. The number of halogens is 2. The van der Waals surface area contributed by atoms with E-state index in [9.17, 15) is 18.4 Å². The van der Waals surface area contributed by atoms with Crippen LogP contribution in [0.25, 0.3) is 0 Å². The van der Waals surface area contributed by atoms with Gasteiger partial charge in [0.05, 0.1) is 18.6 Å². The van der Waals surface area contributed by atoms with Gasteiger partial charge in [0.15, 0.2) is 0 Å². The first-order valence-electron chi connectivity index (χ1n) is 7.91. The molecule has 1 rings (SSSR count). The molecular formula is C17H25F2N3O2. The van der Waals surface area contributed by atoms with Crippen LogP contribution < -0.4 is 16.4 Å². The summed E-state index contributed by atoms with van der Waals surface area (Å²) < 4.78 is 27.0. The molecule has 0 radical (unpaired) electrons. The van der Waals surface area contributed by atoms with Crippen molar-refractivity contribution in [3.8, 4) is 0 Å². The summed E-state index contributed by atoms with van der Waals surface area (Å²) in [4.78, 5) is 23.8. The molecule has 0 fully saturated rings. The maximum absolute atomic E-state index is 13.9. The first-order chi connectivity index (χ1) is 11.1. The Hall–Kier alpha value is -2.02. The molecule has 0 bridgehead atoms. The van der Waals surface area contributed by atoms with E-state index in [0.717, 1.165) is 12.1 Å². The van der Waals surface area contributed by atoms with E-state index in [1.54, 1.807) is 27.7 Å². The summed E-state index contributed by atoms with van der Waals surface area (Å²) in [7, 11) is 0. The van der Waals surface area contributed by atoms with E-state index in [1.165, 1.54) is 6.07 Å². The number of nitrogens with one attached hydrogen (secondary N) is 2. The Balaban J connectivity index is 2.72. The second-order valence-corrected chi connectivity index (χ2v) is 6.44. The fraction of sp³-hybridized carbons (Fsp3) is 0.529. The summed E-state index contributed by atoms with van der Waals surface area (Å²) in [6, 6.07) is 1.90. The number of hydrogen-bond donors (Lipinski definition) is 3. The van der Waals surface area contributed by atoms with Crippen molar-refractivity contribution in [1.82, 2.24) is 10.6 Å². The highest BCUT2D eigenvalue weighted by Gasteiger charge is 2.23. The molecule has 0 aliphatic heterocycles. The predicted molar refractivity (Wildman–Crippen MR) is 87.9 cm³/mol. The molecule has 4 N–H and O–H groups in total. The van der Waals surface area contributed by atoms with E-state index in [4.69, 9.17) is 5.73 Å². The van der Waals surface area contributed by atoms with E-state index >= 15 is 0 Å². The molecule has 0 heterocycles. The van der Waals surface area contributed by atoms with Gasteiger partial charge in [0.2, 0.25) is 11.8 Å². The Morgan fingerprint density at radius 1 is 1.12 bits per heavy atom. The third-order valence-corrected chi connectivity index (χ3v) is 3.72. The average Bonchev–Trinajstić information content (AvgIpc) is 2.49. The molecule has 1 aromatic rings. The summed E-state index contributed by atoms with van der Waals surface area (Å²) in [6.07, 6.45) is 0. The molecule has 5 nitrogen and oxygen atoms in total. The van der Waals surface area contributed by atoms with Gasteiger partial charge in [0.25, 0.3) is 0 Å². The third kappa shape index (κ3) is 5.56. The average molecular weight is 341 g/mol. The molecular weight excluding hydrogens is 316 g/mol. The third-order valence-electron chi connectivity index (χ3n) is 3.72. The van der Waals surface area contributed by atoms with E-state index < -0.39 is 35.5 Å².